The molecule has 0 saturated carbocycles. The molecule has 2 rings (SSSR count). The molecule has 0 radical (unpaired) electrons. The molecule has 1 fully saturated rings. The van der Waals surface area contributed by atoms with Gasteiger partial charge in [0, 0.05) is 22.2 Å². The normalized spacial score (nSPS) is 24.4. The second-order valence-corrected chi connectivity index (χ2v) is 7.59. The second-order valence-electron chi connectivity index (χ2n) is 6.22. The number of thiophene rings is 1. The lowest BCUT2D eigenvalue weighted by Crippen LogP contribution is -2.66. The van der Waals surface area contributed by atoms with Crippen LogP contribution in [0.4, 0.5) is 0 Å². The van der Waals surface area contributed by atoms with Crippen molar-refractivity contribution in [1.29, 1.82) is 0 Å². The van der Waals surface area contributed by atoms with E-state index in [0.29, 0.717) is 0 Å². The van der Waals surface area contributed by atoms with Crippen LogP contribution in [0.3, 0.4) is 0 Å². The number of hydrogen-bond donors (Lipinski definition) is 1. The Bertz CT molecular complexity index is 538. The number of hydrogen-bond acceptors (Lipinski definition) is 3. The van der Waals surface area contributed by atoms with Gasteiger partial charge in [-0.2, -0.15) is 0 Å². The fourth-order valence-electron chi connectivity index (χ4n) is 2.85. The van der Waals surface area contributed by atoms with E-state index >= 15 is 0 Å². The molecule has 2 amide bonds. The van der Waals surface area contributed by atoms with Crippen molar-refractivity contribution in [2.45, 2.75) is 59.2 Å². The van der Waals surface area contributed by atoms with Crippen molar-refractivity contribution >= 4 is 23.2 Å². The van der Waals surface area contributed by atoms with Crippen LogP contribution < -0.4 is 5.32 Å². The molecule has 1 aliphatic heterocycles. The smallest absolute Gasteiger partial charge is 0.246 e. The third kappa shape index (κ3) is 3.28. The van der Waals surface area contributed by atoms with Gasteiger partial charge in [0.25, 0.3) is 0 Å². The molecule has 0 aromatic carbocycles. The number of aryl methyl sites for hydroxylation is 1. The Labute approximate surface area is 130 Å². The molecule has 1 saturated heterocycles. The minimum absolute atomic E-state index is 0.0258. The van der Waals surface area contributed by atoms with Gasteiger partial charge in [0.05, 0.1) is 0 Å². The molecule has 116 valence electrons. The van der Waals surface area contributed by atoms with E-state index in [4.69, 9.17) is 0 Å². The third-order valence-electron chi connectivity index (χ3n) is 4.05. The van der Waals surface area contributed by atoms with Crippen LogP contribution in [0.5, 0.6) is 0 Å². The first kappa shape index (κ1) is 16.0. The van der Waals surface area contributed by atoms with Gasteiger partial charge in [0.15, 0.2) is 0 Å². The molecule has 1 N–H and O–H groups in total. The highest BCUT2D eigenvalue weighted by Gasteiger charge is 2.41. The molecule has 1 aromatic rings. The van der Waals surface area contributed by atoms with Crippen LogP contribution in [0.1, 0.15) is 37.4 Å². The number of rotatable bonds is 4. The molecule has 4 nitrogen and oxygen atoms in total. The Balaban J connectivity index is 2.17. The van der Waals surface area contributed by atoms with Crippen LogP contribution in [-0.4, -0.2) is 34.8 Å². The monoisotopic (exact) mass is 308 g/mol. The molecule has 1 aromatic heterocycles. The minimum Gasteiger partial charge on any atom is -0.342 e. The van der Waals surface area contributed by atoms with Crippen LogP contribution >= 0.6 is 11.3 Å². The first-order valence-electron chi connectivity index (χ1n) is 7.49. The fourth-order valence-corrected chi connectivity index (χ4v) is 3.86. The van der Waals surface area contributed by atoms with Gasteiger partial charge in [-0.3, -0.25) is 9.59 Å². The summed E-state index contributed by atoms with van der Waals surface area (Å²) < 4.78 is 0. The predicted molar refractivity (Wildman–Crippen MR) is 85.3 cm³/mol. The molecule has 0 bridgehead atoms. The topological polar surface area (TPSA) is 49.4 Å². The molecular weight excluding hydrogens is 284 g/mol. The van der Waals surface area contributed by atoms with Crippen LogP contribution in [0.2, 0.25) is 0 Å². The summed E-state index contributed by atoms with van der Waals surface area (Å²) in [5, 5.41) is 2.84. The van der Waals surface area contributed by atoms with Gasteiger partial charge in [0.1, 0.15) is 12.1 Å². The maximum absolute atomic E-state index is 12.7. The largest absolute Gasteiger partial charge is 0.342 e. The van der Waals surface area contributed by atoms with Crippen LogP contribution in [0.15, 0.2) is 12.1 Å². The molecule has 1 aliphatic rings. The van der Waals surface area contributed by atoms with E-state index in [1.807, 2.05) is 20.8 Å². The third-order valence-corrected chi connectivity index (χ3v) is 5.07. The maximum atomic E-state index is 12.7. The Kier molecular flexibility index (Phi) is 4.71. The van der Waals surface area contributed by atoms with Gasteiger partial charge in [-0.05, 0) is 38.8 Å². The molecule has 3 unspecified atom stereocenters. The zero-order valence-electron chi connectivity index (χ0n) is 13.3. The average molecular weight is 308 g/mol. The van der Waals surface area contributed by atoms with Gasteiger partial charge in [0.2, 0.25) is 11.8 Å². The number of carbonyl (C=O) groups excluding carboxylic acids is 2. The van der Waals surface area contributed by atoms with Gasteiger partial charge >= 0.3 is 0 Å². The highest BCUT2D eigenvalue weighted by molar-refractivity contribution is 7.11. The molecule has 2 heterocycles. The van der Waals surface area contributed by atoms with Crippen molar-refractivity contribution in [2.24, 2.45) is 5.92 Å². The summed E-state index contributed by atoms with van der Waals surface area (Å²) >= 11 is 1.75. The zero-order chi connectivity index (χ0) is 15.7. The van der Waals surface area contributed by atoms with Crippen LogP contribution in [0, 0.1) is 12.8 Å². The lowest BCUT2D eigenvalue weighted by atomic mass is 9.96. The molecule has 5 heteroatoms. The quantitative estimate of drug-likeness (QED) is 0.928. The van der Waals surface area contributed by atoms with E-state index in [9.17, 15) is 9.59 Å². The fraction of sp³-hybridized carbons (Fsp3) is 0.625. The van der Waals surface area contributed by atoms with E-state index in [1.165, 1.54) is 9.75 Å². The van der Waals surface area contributed by atoms with Crippen molar-refractivity contribution in [3.8, 4) is 0 Å². The summed E-state index contributed by atoms with van der Waals surface area (Å²) in [4.78, 5) is 29.1. The van der Waals surface area contributed by atoms with Crippen molar-refractivity contribution in [2.75, 3.05) is 0 Å². The van der Waals surface area contributed by atoms with Gasteiger partial charge in [-0.25, -0.2) is 0 Å². The van der Waals surface area contributed by atoms with Crippen LogP contribution in [-0.2, 0) is 16.0 Å². The van der Waals surface area contributed by atoms with Crippen molar-refractivity contribution in [3.05, 3.63) is 21.9 Å². The first-order valence-corrected chi connectivity index (χ1v) is 8.30. The molecule has 0 aliphatic carbocycles. The Morgan fingerprint density at radius 1 is 1.29 bits per heavy atom. The first-order chi connectivity index (χ1) is 9.81. The highest BCUT2D eigenvalue weighted by Crippen LogP contribution is 2.23. The van der Waals surface area contributed by atoms with Gasteiger partial charge in [-0.15, -0.1) is 11.3 Å². The molecule has 21 heavy (non-hydrogen) atoms. The van der Waals surface area contributed by atoms with E-state index in [2.05, 4.69) is 24.4 Å². The molecule has 0 spiro atoms. The van der Waals surface area contributed by atoms with Gasteiger partial charge in [-0.1, -0.05) is 13.8 Å². The number of amides is 2. The van der Waals surface area contributed by atoms with Crippen molar-refractivity contribution in [1.82, 2.24) is 10.2 Å². The van der Waals surface area contributed by atoms with E-state index in [0.717, 1.165) is 6.42 Å². The van der Waals surface area contributed by atoms with E-state index < -0.39 is 12.1 Å². The Hall–Kier alpha value is -1.36. The Morgan fingerprint density at radius 2 is 1.95 bits per heavy atom. The standard InChI is InChI=1S/C16H24N2O2S/c1-9(2)14-16(20)18(12(5)15(19)17-14)10(3)8-13-7-6-11(4)21-13/h6-7,9-10,12,14H,8H2,1-5H3,(H,17,19). The number of nitrogens with one attached hydrogen (secondary N) is 1. The summed E-state index contributed by atoms with van der Waals surface area (Å²) in [6.07, 6.45) is 0.798. The summed E-state index contributed by atoms with van der Waals surface area (Å²) in [6, 6.07) is 3.43. The van der Waals surface area contributed by atoms with Gasteiger partial charge < -0.3 is 10.2 Å². The SMILES string of the molecule is Cc1ccc(CC(C)N2C(=O)C(C(C)C)NC(=O)C2C)s1. The summed E-state index contributed by atoms with van der Waals surface area (Å²) in [7, 11) is 0. The van der Waals surface area contributed by atoms with E-state index in [1.54, 1.807) is 23.2 Å². The maximum Gasteiger partial charge on any atom is 0.246 e. The van der Waals surface area contributed by atoms with Crippen molar-refractivity contribution < 1.29 is 9.59 Å². The number of nitrogens with zero attached hydrogens (tertiary/aromatic N) is 1. The summed E-state index contributed by atoms with van der Waals surface area (Å²) in [5.41, 5.74) is 0. The second kappa shape index (κ2) is 6.18. The Morgan fingerprint density at radius 3 is 2.48 bits per heavy atom. The highest BCUT2D eigenvalue weighted by atomic mass is 32.1. The van der Waals surface area contributed by atoms with Crippen molar-refractivity contribution in [3.63, 3.8) is 0 Å². The number of carbonyl (C=O) groups is 2. The predicted octanol–water partition coefficient (Wildman–Crippen LogP) is 2.36. The lowest BCUT2D eigenvalue weighted by Gasteiger charge is -2.42. The molecule has 3 atom stereocenters. The average Bonchev–Trinajstić information content (AvgIpc) is 2.79. The summed E-state index contributed by atoms with van der Waals surface area (Å²) in [6.45, 7) is 9.84. The summed E-state index contributed by atoms with van der Waals surface area (Å²) in [5.74, 6) is 0.0908. The van der Waals surface area contributed by atoms with E-state index in [-0.39, 0.29) is 23.8 Å². The zero-order valence-corrected chi connectivity index (χ0v) is 14.2. The van der Waals surface area contributed by atoms with Crippen LogP contribution in [0.25, 0.3) is 0 Å². The lowest BCUT2D eigenvalue weighted by molar-refractivity contribution is -0.152. The molecular formula is C16H24N2O2S. The minimum atomic E-state index is -0.402. The number of piperazine rings is 1.